The Labute approximate surface area is 147 Å². The van der Waals surface area contributed by atoms with Gasteiger partial charge in [-0.2, -0.15) is 0 Å². The van der Waals surface area contributed by atoms with Crippen molar-refractivity contribution in [3.63, 3.8) is 0 Å². The number of thiophene rings is 1. The highest BCUT2D eigenvalue weighted by Crippen LogP contribution is 2.27. The van der Waals surface area contributed by atoms with Crippen molar-refractivity contribution in [3.8, 4) is 0 Å². The number of carbonyl (C=O) groups is 3. The van der Waals surface area contributed by atoms with Crippen LogP contribution in [0.2, 0.25) is 5.02 Å². The molecule has 1 saturated heterocycles. The van der Waals surface area contributed by atoms with E-state index in [-0.39, 0.29) is 19.1 Å². The van der Waals surface area contributed by atoms with E-state index in [4.69, 9.17) is 11.6 Å². The summed E-state index contributed by atoms with van der Waals surface area (Å²) < 4.78 is 0. The Morgan fingerprint density at radius 2 is 2.04 bits per heavy atom. The molecule has 2 heterocycles. The number of amides is 4. The third-order valence-electron chi connectivity index (χ3n) is 3.58. The third-order valence-corrected chi connectivity index (χ3v) is 4.76. The van der Waals surface area contributed by atoms with Gasteiger partial charge in [0, 0.05) is 9.90 Å². The van der Waals surface area contributed by atoms with Gasteiger partial charge in [-0.3, -0.25) is 14.5 Å². The van der Waals surface area contributed by atoms with Crippen molar-refractivity contribution in [2.75, 3.05) is 13.1 Å². The van der Waals surface area contributed by atoms with Crippen LogP contribution in [0.5, 0.6) is 0 Å². The van der Waals surface area contributed by atoms with Gasteiger partial charge in [0.25, 0.3) is 5.91 Å². The highest BCUT2D eigenvalue weighted by molar-refractivity contribution is 7.10. The second-order valence-corrected chi connectivity index (χ2v) is 6.62. The number of hydrogen-bond donors (Lipinski definition) is 2. The van der Waals surface area contributed by atoms with E-state index in [2.05, 4.69) is 10.6 Å². The molecule has 1 aliphatic heterocycles. The first-order chi connectivity index (χ1) is 11.5. The molecule has 0 bridgehead atoms. The molecule has 1 fully saturated rings. The molecule has 1 aromatic carbocycles. The molecule has 3 rings (SSSR count). The Balaban J connectivity index is 1.77. The van der Waals surface area contributed by atoms with Gasteiger partial charge in [0.1, 0.15) is 6.54 Å². The fourth-order valence-electron chi connectivity index (χ4n) is 2.40. The van der Waals surface area contributed by atoms with Gasteiger partial charge < -0.3 is 10.6 Å². The predicted molar refractivity (Wildman–Crippen MR) is 90.9 cm³/mol. The monoisotopic (exact) mass is 363 g/mol. The first-order valence-corrected chi connectivity index (χ1v) is 8.47. The van der Waals surface area contributed by atoms with E-state index < -0.39 is 17.8 Å². The fraction of sp³-hybridized carbons (Fsp3) is 0.188. The third kappa shape index (κ3) is 3.58. The number of imide groups is 1. The van der Waals surface area contributed by atoms with Crippen molar-refractivity contribution in [3.05, 3.63) is 57.2 Å². The molecule has 2 aromatic rings. The molecule has 0 aliphatic carbocycles. The topological polar surface area (TPSA) is 78.5 Å². The molecule has 0 spiro atoms. The van der Waals surface area contributed by atoms with Crippen LogP contribution < -0.4 is 10.6 Å². The molecule has 2 N–H and O–H groups in total. The number of nitrogens with one attached hydrogen (secondary N) is 2. The van der Waals surface area contributed by atoms with E-state index in [1.165, 1.54) is 11.3 Å². The van der Waals surface area contributed by atoms with Crippen molar-refractivity contribution in [1.29, 1.82) is 0 Å². The molecular formula is C16H14ClN3O3S. The van der Waals surface area contributed by atoms with Gasteiger partial charge in [0.05, 0.1) is 12.6 Å². The zero-order chi connectivity index (χ0) is 17.1. The molecular weight excluding hydrogens is 350 g/mol. The van der Waals surface area contributed by atoms with Crippen molar-refractivity contribution in [2.24, 2.45) is 0 Å². The Hall–Kier alpha value is -2.38. The van der Waals surface area contributed by atoms with Crippen LogP contribution in [0.1, 0.15) is 16.5 Å². The second-order valence-electron chi connectivity index (χ2n) is 5.21. The minimum Gasteiger partial charge on any atom is -0.343 e. The van der Waals surface area contributed by atoms with Gasteiger partial charge in [0.15, 0.2) is 0 Å². The number of nitrogens with zero attached hydrogens (tertiary/aromatic N) is 1. The number of hydrogen-bond acceptors (Lipinski definition) is 4. The first-order valence-electron chi connectivity index (χ1n) is 7.21. The van der Waals surface area contributed by atoms with E-state index in [9.17, 15) is 14.4 Å². The average molecular weight is 364 g/mol. The maximum atomic E-state index is 12.3. The Bertz CT molecular complexity index is 745. The molecule has 0 radical (unpaired) electrons. The highest BCUT2D eigenvalue weighted by Gasteiger charge is 2.31. The van der Waals surface area contributed by atoms with Gasteiger partial charge in [-0.25, -0.2) is 4.79 Å². The van der Waals surface area contributed by atoms with Crippen molar-refractivity contribution in [1.82, 2.24) is 15.5 Å². The summed E-state index contributed by atoms with van der Waals surface area (Å²) in [4.78, 5) is 37.3. The summed E-state index contributed by atoms with van der Waals surface area (Å²) >= 11 is 7.43. The molecule has 1 atom stereocenters. The largest absolute Gasteiger partial charge is 0.343 e. The van der Waals surface area contributed by atoms with Crippen molar-refractivity contribution >= 4 is 40.8 Å². The lowest BCUT2D eigenvalue weighted by Crippen LogP contribution is -2.42. The molecule has 1 unspecified atom stereocenters. The first kappa shape index (κ1) is 16.5. The summed E-state index contributed by atoms with van der Waals surface area (Å²) in [7, 11) is 0. The van der Waals surface area contributed by atoms with Crippen molar-refractivity contribution in [2.45, 2.75) is 6.04 Å². The normalized spacial score (nSPS) is 15.3. The van der Waals surface area contributed by atoms with Crippen LogP contribution in [0.3, 0.4) is 0 Å². The fourth-order valence-corrected chi connectivity index (χ4v) is 3.32. The van der Waals surface area contributed by atoms with Crippen LogP contribution in [0.4, 0.5) is 4.79 Å². The summed E-state index contributed by atoms with van der Waals surface area (Å²) in [6.45, 7) is -0.377. The summed E-state index contributed by atoms with van der Waals surface area (Å²) in [5, 5.41) is 7.79. The Kier molecular flexibility index (Phi) is 4.82. The lowest BCUT2D eigenvalue weighted by molar-refractivity contribution is -0.130. The summed E-state index contributed by atoms with van der Waals surface area (Å²) in [6.07, 6.45) is 0. The quantitative estimate of drug-likeness (QED) is 0.799. The number of halogens is 1. The molecule has 24 heavy (non-hydrogen) atoms. The zero-order valence-electron chi connectivity index (χ0n) is 12.5. The van der Waals surface area contributed by atoms with E-state index in [1.807, 2.05) is 29.6 Å². The molecule has 4 amide bonds. The average Bonchev–Trinajstić information content (AvgIpc) is 3.19. The van der Waals surface area contributed by atoms with E-state index in [0.717, 1.165) is 15.3 Å². The van der Waals surface area contributed by atoms with Crippen LogP contribution >= 0.6 is 22.9 Å². The highest BCUT2D eigenvalue weighted by atomic mass is 35.5. The molecule has 8 heteroatoms. The van der Waals surface area contributed by atoms with E-state index in [0.29, 0.717) is 5.02 Å². The maximum Gasteiger partial charge on any atom is 0.325 e. The maximum absolute atomic E-state index is 12.3. The molecule has 124 valence electrons. The van der Waals surface area contributed by atoms with E-state index in [1.54, 1.807) is 12.1 Å². The van der Waals surface area contributed by atoms with Gasteiger partial charge in [-0.15, -0.1) is 11.3 Å². The van der Waals surface area contributed by atoms with Gasteiger partial charge >= 0.3 is 6.03 Å². The summed E-state index contributed by atoms with van der Waals surface area (Å²) in [5.74, 6) is -0.817. The van der Waals surface area contributed by atoms with Crippen LogP contribution in [0.25, 0.3) is 0 Å². The predicted octanol–water partition coefficient (Wildman–Crippen LogP) is 2.16. The summed E-state index contributed by atoms with van der Waals surface area (Å²) in [6, 6.07) is 10.1. The minimum absolute atomic E-state index is 0.0718. The molecule has 1 aliphatic rings. The lowest BCUT2D eigenvalue weighted by atomic mass is 10.1. The zero-order valence-corrected chi connectivity index (χ0v) is 14.1. The Morgan fingerprint density at radius 1 is 1.29 bits per heavy atom. The number of rotatable bonds is 5. The van der Waals surface area contributed by atoms with E-state index >= 15 is 0 Å². The Morgan fingerprint density at radius 3 is 2.62 bits per heavy atom. The van der Waals surface area contributed by atoms with Crippen LogP contribution in [-0.2, 0) is 9.59 Å². The molecule has 6 nitrogen and oxygen atoms in total. The summed E-state index contributed by atoms with van der Waals surface area (Å²) in [5.41, 5.74) is 0.868. The van der Waals surface area contributed by atoms with Crippen LogP contribution in [0, 0.1) is 0 Å². The van der Waals surface area contributed by atoms with Gasteiger partial charge in [-0.05, 0) is 29.1 Å². The number of urea groups is 1. The van der Waals surface area contributed by atoms with Crippen LogP contribution in [0.15, 0.2) is 41.8 Å². The number of benzene rings is 1. The van der Waals surface area contributed by atoms with Crippen molar-refractivity contribution < 1.29 is 14.4 Å². The van der Waals surface area contributed by atoms with Gasteiger partial charge in [0.2, 0.25) is 5.91 Å². The lowest BCUT2D eigenvalue weighted by Gasteiger charge is -2.20. The second kappa shape index (κ2) is 7.02. The standard InChI is InChI=1S/C16H14ClN3O3S/c17-11-5-3-10(4-6-11)15(12-2-1-7-24-12)19-13(21)9-20-14(22)8-18-16(20)23/h1-7,15H,8-9H2,(H,18,23)(H,19,21). The minimum atomic E-state index is -0.547. The van der Waals surface area contributed by atoms with Gasteiger partial charge in [-0.1, -0.05) is 29.8 Å². The molecule has 0 saturated carbocycles. The van der Waals surface area contributed by atoms with Crippen LogP contribution in [-0.4, -0.2) is 35.8 Å². The SMILES string of the molecule is O=C(CN1C(=O)CNC1=O)NC(c1ccc(Cl)cc1)c1cccs1. The number of carbonyl (C=O) groups excluding carboxylic acids is 3. The molecule has 1 aromatic heterocycles. The smallest absolute Gasteiger partial charge is 0.325 e.